The summed E-state index contributed by atoms with van der Waals surface area (Å²) >= 11 is 0. The summed E-state index contributed by atoms with van der Waals surface area (Å²) in [5, 5.41) is 0. The number of hydrogen-bond donors (Lipinski definition) is 0. The smallest absolute Gasteiger partial charge is 0.0622 e. The summed E-state index contributed by atoms with van der Waals surface area (Å²) in [5.74, 6) is 1.00. The van der Waals surface area contributed by atoms with E-state index >= 15 is 0 Å². The Morgan fingerprint density at radius 3 is 2.14 bits per heavy atom. The molecule has 0 heteroatoms. The topological polar surface area (TPSA) is 0 Å². The van der Waals surface area contributed by atoms with Crippen molar-refractivity contribution >= 4 is 0 Å². The lowest BCUT2D eigenvalue weighted by Gasteiger charge is -2.09. The van der Waals surface area contributed by atoms with Crippen LogP contribution in [0.5, 0.6) is 0 Å². The van der Waals surface area contributed by atoms with Crippen LogP contribution in [0, 0.1) is 12.3 Å². The van der Waals surface area contributed by atoms with Gasteiger partial charge < -0.3 is 0 Å². The van der Waals surface area contributed by atoms with Crippen molar-refractivity contribution in [1.82, 2.24) is 0 Å². The van der Waals surface area contributed by atoms with Crippen LogP contribution >= 0.6 is 0 Å². The van der Waals surface area contributed by atoms with Crippen LogP contribution in [-0.4, -0.2) is 0 Å². The van der Waals surface area contributed by atoms with Crippen molar-refractivity contribution in [3.8, 4) is 0 Å². The lowest BCUT2D eigenvalue weighted by molar-refractivity contribution is 0.440. The van der Waals surface area contributed by atoms with Crippen LogP contribution in [0.2, 0.25) is 0 Å². The van der Waals surface area contributed by atoms with Gasteiger partial charge in [0.15, 0.2) is 0 Å². The molecule has 0 bridgehead atoms. The average Bonchev–Trinajstić information content (AvgIpc) is 1.69. The fraction of sp³-hybridized carbons (Fsp3) is 0.857. The van der Waals surface area contributed by atoms with E-state index in [1.807, 2.05) is 0 Å². The average molecular weight is 97.2 g/mol. The first-order valence-electron chi connectivity index (χ1n) is 3.21. The summed E-state index contributed by atoms with van der Waals surface area (Å²) in [4.78, 5) is 0. The predicted molar refractivity (Wildman–Crippen MR) is 31.9 cm³/mol. The van der Waals surface area contributed by atoms with Gasteiger partial charge in [-0.05, 0) is 18.8 Å². The maximum absolute atomic E-state index is 2.40. The first-order valence-corrected chi connectivity index (χ1v) is 3.21. The van der Waals surface area contributed by atoms with Gasteiger partial charge in [0, 0.05) is 0 Å². The molecule has 1 aliphatic rings. The minimum atomic E-state index is 1.00. The quantitative estimate of drug-likeness (QED) is 0.407. The molecule has 0 N–H and O–H groups in total. The van der Waals surface area contributed by atoms with E-state index in [0.29, 0.717) is 0 Å². The highest BCUT2D eigenvalue weighted by molar-refractivity contribution is 4.73. The van der Waals surface area contributed by atoms with Crippen LogP contribution in [0.1, 0.15) is 32.6 Å². The zero-order valence-corrected chi connectivity index (χ0v) is 4.98. The molecule has 0 aromatic carbocycles. The molecule has 7 heavy (non-hydrogen) atoms. The normalized spacial score (nSPS) is 24.1. The van der Waals surface area contributed by atoms with Crippen molar-refractivity contribution in [3.63, 3.8) is 0 Å². The van der Waals surface area contributed by atoms with Crippen LogP contribution in [0.15, 0.2) is 0 Å². The van der Waals surface area contributed by atoms with Gasteiger partial charge in [0.2, 0.25) is 0 Å². The number of hydrogen-bond acceptors (Lipinski definition) is 0. The van der Waals surface area contributed by atoms with E-state index in [1.165, 1.54) is 25.7 Å². The van der Waals surface area contributed by atoms with Gasteiger partial charge in [-0.3, -0.25) is 0 Å². The summed E-state index contributed by atoms with van der Waals surface area (Å²) in [6.07, 6.45) is 7.99. The highest BCUT2D eigenvalue weighted by Gasteiger charge is 2.12. The molecule has 1 rings (SSSR count). The lowest BCUT2D eigenvalue weighted by Crippen LogP contribution is -2.00. The molecule has 40 valence electrons. The van der Waals surface area contributed by atoms with Gasteiger partial charge in [0.25, 0.3) is 0 Å². The van der Waals surface area contributed by atoms with Gasteiger partial charge in [0.05, 0.1) is 19.3 Å². The SMILES string of the molecule is CC1CC[CH+]CC1. The molecule has 0 aromatic rings. The monoisotopic (exact) mass is 97.1 g/mol. The molecule has 0 unspecified atom stereocenters. The van der Waals surface area contributed by atoms with Crippen molar-refractivity contribution in [2.75, 3.05) is 0 Å². The molecule has 0 atom stereocenters. The fourth-order valence-corrected chi connectivity index (χ4v) is 1.09. The third-order valence-corrected chi connectivity index (χ3v) is 1.73. The molecule has 0 heterocycles. The van der Waals surface area contributed by atoms with Crippen molar-refractivity contribution in [2.45, 2.75) is 32.6 Å². The first-order chi connectivity index (χ1) is 3.39. The minimum absolute atomic E-state index is 1.00. The van der Waals surface area contributed by atoms with E-state index in [-0.39, 0.29) is 0 Å². The summed E-state index contributed by atoms with van der Waals surface area (Å²) in [5.41, 5.74) is 0. The molecule has 0 radical (unpaired) electrons. The van der Waals surface area contributed by atoms with Gasteiger partial charge >= 0.3 is 0 Å². The summed E-state index contributed by atoms with van der Waals surface area (Å²) in [7, 11) is 0. The van der Waals surface area contributed by atoms with Crippen molar-refractivity contribution in [2.24, 2.45) is 5.92 Å². The molecule has 0 aliphatic heterocycles. The maximum Gasteiger partial charge on any atom is 0.0878 e. The molecule has 1 aliphatic carbocycles. The molecule has 1 saturated carbocycles. The Balaban J connectivity index is 2.12. The minimum Gasteiger partial charge on any atom is -0.0622 e. The lowest BCUT2D eigenvalue weighted by atomic mass is 9.91. The predicted octanol–water partition coefficient (Wildman–Crippen LogP) is 2.40. The Morgan fingerprint density at radius 1 is 1.29 bits per heavy atom. The second-order valence-corrected chi connectivity index (χ2v) is 2.55. The number of rotatable bonds is 0. The Labute approximate surface area is 45.9 Å². The molecular formula is C7H13+. The Morgan fingerprint density at radius 2 is 1.86 bits per heavy atom. The molecule has 0 nitrogen and oxygen atoms in total. The van der Waals surface area contributed by atoms with Gasteiger partial charge in [-0.15, -0.1) is 0 Å². The molecule has 0 aromatic heterocycles. The van der Waals surface area contributed by atoms with Gasteiger partial charge in [-0.2, -0.15) is 0 Å². The standard InChI is InChI=1S/C7H13/c1-7-5-3-2-4-6-7/h2,7H,3-6H2,1H3/q+1. The van der Waals surface area contributed by atoms with E-state index < -0.39 is 0 Å². The Bertz CT molecular complexity index is 42.0. The van der Waals surface area contributed by atoms with Crippen LogP contribution < -0.4 is 0 Å². The summed E-state index contributed by atoms with van der Waals surface area (Å²) in [6, 6.07) is 0. The van der Waals surface area contributed by atoms with E-state index in [9.17, 15) is 0 Å². The third kappa shape index (κ3) is 1.42. The van der Waals surface area contributed by atoms with Gasteiger partial charge in [0.1, 0.15) is 0 Å². The van der Waals surface area contributed by atoms with Crippen LogP contribution in [0.3, 0.4) is 0 Å². The van der Waals surface area contributed by atoms with Crippen molar-refractivity contribution < 1.29 is 0 Å². The van der Waals surface area contributed by atoms with E-state index in [0.717, 1.165) is 5.92 Å². The Kier molecular flexibility index (Phi) is 1.61. The molecule has 0 spiro atoms. The Hall–Kier alpha value is -0.130. The fourth-order valence-electron chi connectivity index (χ4n) is 1.09. The van der Waals surface area contributed by atoms with Crippen LogP contribution in [-0.2, 0) is 0 Å². The van der Waals surface area contributed by atoms with Gasteiger partial charge in [-0.1, -0.05) is 6.92 Å². The first kappa shape index (κ1) is 5.02. The zero-order valence-electron chi connectivity index (χ0n) is 4.98. The molecule has 1 fully saturated rings. The van der Waals surface area contributed by atoms with Crippen molar-refractivity contribution in [1.29, 1.82) is 0 Å². The van der Waals surface area contributed by atoms with Gasteiger partial charge in [-0.25, -0.2) is 0 Å². The molecular weight excluding hydrogens is 84.1 g/mol. The van der Waals surface area contributed by atoms with E-state index in [4.69, 9.17) is 0 Å². The highest BCUT2D eigenvalue weighted by Crippen LogP contribution is 2.21. The van der Waals surface area contributed by atoms with Crippen LogP contribution in [0.25, 0.3) is 0 Å². The summed E-state index contributed by atoms with van der Waals surface area (Å²) in [6.45, 7) is 2.34. The molecule has 0 saturated heterocycles. The second-order valence-electron chi connectivity index (χ2n) is 2.55. The zero-order chi connectivity index (χ0) is 5.11. The molecule has 0 amide bonds. The maximum atomic E-state index is 2.40. The highest BCUT2D eigenvalue weighted by atomic mass is 14.1. The third-order valence-electron chi connectivity index (χ3n) is 1.73. The van der Waals surface area contributed by atoms with Crippen LogP contribution in [0.4, 0.5) is 0 Å². The van der Waals surface area contributed by atoms with Crippen molar-refractivity contribution in [3.05, 3.63) is 6.42 Å². The van der Waals surface area contributed by atoms with E-state index in [1.54, 1.807) is 0 Å². The second kappa shape index (κ2) is 2.25. The largest absolute Gasteiger partial charge is 0.0878 e. The van der Waals surface area contributed by atoms with E-state index in [2.05, 4.69) is 13.3 Å². The summed E-state index contributed by atoms with van der Waals surface area (Å²) < 4.78 is 0.